The summed E-state index contributed by atoms with van der Waals surface area (Å²) >= 11 is 0. The van der Waals surface area contributed by atoms with Crippen molar-refractivity contribution in [2.45, 2.75) is 44.6 Å². The zero-order valence-electron chi connectivity index (χ0n) is 12.7. The Hall–Kier alpha value is -0.980. The van der Waals surface area contributed by atoms with Gasteiger partial charge in [-0.1, -0.05) is 25.8 Å². The van der Waals surface area contributed by atoms with Gasteiger partial charge in [-0.25, -0.2) is 8.42 Å². The summed E-state index contributed by atoms with van der Waals surface area (Å²) in [7, 11) is -3.31. The average Bonchev–Trinajstić information content (AvgIpc) is 2.97. The molecule has 1 fully saturated rings. The lowest BCUT2D eigenvalue weighted by Crippen LogP contribution is -2.55. The van der Waals surface area contributed by atoms with Gasteiger partial charge in [-0.15, -0.1) is 0 Å². The van der Waals surface area contributed by atoms with Crippen molar-refractivity contribution in [2.75, 3.05) is 18.8 Å². The van der Waals surface area contributed by atoms with Gasteiger partial charge in [0.1, 0.15) is 0 Å². The van der Waals surface area contributed by atoms with Crippen LogP contribution in [0.4, 0.5) is 0 Å². The van der Waals surface area contributed by atoms with Crippen molar-refractivity contribution in [3.05, 3.63) is 30.1 Å². The van der Waals surface area contributed by atoms with Crippen molar-refractivity contribution in [3.63, 3.8) is 0 Å². The normalized spacial score (nSPS) is 18.2. The van der Waals surface area contributed by atoms with Gasteiger partial charge >= 0.3 is 0 Å². The predicted molar refractivity (Wildman–Crippen MR) is 84.4 cm³/mol. The first-order valence-corrected chi connectivity index (χ1v) is 9.25. The third-order valence-electron chi connectivity index (χ3n) is 4.41. The third kappa shape index (κ3) is 3.62. The molecule has 1 aliphatic rings. The SMILES string of the molecule is CCN(C1(CN)CCCC1)S(=O)(=O)CCc1ccccn1. The van der Waals surface area contributed by atoms with Crippen molar-refractivity contribution in [2.24, 2.45) is 5.73 Å². The minimum absolute atomic E-state index is 0.0968. The highest BCUT2D eigenvalue weighted by Crippen LogP contribution is 2.36. The number of rotatable bonds is 7. The molecule has 0 aromatic carbocycles. The molecule has 5 nitrogen and oxygen atoms in total. The number of hydrogen-bond acceptors (Lipinski definition) is 4. The van der Waals surface area contributed by atoms with Crippen molar-refractivity contribution in [1.29, 1.82) is 0 Å². The lowest BCUT2D eigenvalue weighted by molar-refractivity contribution is 0.205. The average molecular weight is 311 g/mol. The van der Waals surface area contributed by atoms with E-state index in [9.17, 15) is 8.42 Å². The molecule has 0 saturated heterocycles. The molecule has 1 aliphatic carbocycles. The van der Waals surface area contributed by atoms with Gasteiger partial charge in [-0.2, -0.15) is 4.31 Å². The van der Waals surface area contributed by atoms with E-state index in [1.807, 2.05) is 25.1 Å². The van der Waals surface area contributed by atoms with Crippen LogP contribution in [0.15, 0.2) is 24.4 Å². The minimum Gasteiger partial charge on any atom is -0.329 e. The first-order valence-electron chi connectivity index (χ1n) is 7.64. The summed E-state index contributed by atoms with van der Waals surface area (Å²) in [4.78, 5) is 4.19. The van der Waals surface area contributed by atoms with Crippen LogP contribution in [0.5, 0.6) is 0 Å². The number of nitrogens with two attached hydrogens (primary N) is 1. The highest BCUT2D eigenvalue weighted by Gasteiger charge is 2.43. The second-order valence-corrected chi connectivity index (χ2v) is 7.70. The Kier molecular flexibility index (Phi) is 5.35. The van der Waals surface area contributed by atoms with Crippen molar-refractivity contribution < 1.29 is 8.42 Å². The van der Waals surface area contributed by atoms with Crippen molar-refractivity contribution >= 4 is 10.0 Å². The van der Waals surface area contributed by atoms with E-state index in [0.717, 1.165) is 31.4 Å². The summed E-state index contributed by atoms with van der Waals surface area (Å²) in [5.41, 5.74) is 6.38. The standard InChI is InChI=1S/C15H25N3O2S/c1-2-18(15(13-16)9-4-5-10-15)21(19,20)12-8-14-7-3-6-11-17-14/h3,6-7,11H,2,4-5,8-10,12-13,16H2,1H3. The van der Waals surface area contributed by atoms with Crippen LogP contribution < -0.4 is 5.73 Å². The molecular formula is C15H25N3O2S. The molecule has 2 rings (SSSR count). The molecule has 0 unspecified atom stereocenters. The zero-order valence-corrected chi connectivity index (χ0v) is 13.5. The van der Waals surface area contributed by atoms with Gasteiger partial charge in [-0.3, -0.25) is 4.98 Å². The van der Waals surface area contributed by atoms with E-state index < -0.39 is 10.0 Å². The molecule has 0 atom stereocenters. The fourth-order valence-corrected chi connectivity index (χ4v) is 5.23. The van der Waals surface area contributed by atoms with Gasteiger partial charge in [0.25, 0.3) is 0 Å². The molecule has 0 radical (unpaired) electrons. The molecule has 6 heteroatoms. The fourth-order valence-electron chi connectivity index (χ4n) is 3.31. The summed E-state index contributed by atoms with van der Waals surface area (Å²) in [5, 5.41) is 0. The van der Waals surface area contributed by atoms with E-state index in [1.165, 1.54) is 0 Å². The molecule has 1 aromatic rings. The summed E-state index contributed by atoms with van der Waals surface area (Å²) in [5.74, 6) is 0.0968. The Morgan fingerprint density at radius 1 is 1.33 bits per heavy atom. The number of aryl methyl sites for hydroxylation is 1. The molecule has 21 heavy (non-hydrogen) atoms. The quantitative estimate of drug-likeness (QED) is 0.829. The van der Waals surface area contributed by atoms with Gasteiger partial charge in [0.2, 0.25) is 10.0 Å². The summed E-state index contributed by atoms with van der Waals surface area (Å²) < 4.78 is 27.1. The number of sulfonamides is 1. The number of hydrogen-bond donors (Lipinski definition) is 1. The molecule has 2 N–H and O–H groups in total. The summed E-state index contributed by atoms with van der Waals surface area (Å²) in [6.45, 7) is 2.79. The lowest BCUT2D eigenvalue weighted by atomic mass is 9.98. The van der Waals surface area contributed by atoms with Crippen LogP contribution in [0.1, 0.15) is 38.3 Å². The van der Waals surface area contributed by atoms with E-state index in [4.69, 9.17) is 5.73 Å². The van der Waals surface area contributed by atoms with Gasteiger partial charge in [0.05, 0.1) is 5.75 Å². The highest BCUT2D eigenvalue weighted by molar-refractivity contribution is 7.89. The first-order chi connectivity index (χ1) is 10.0. The number of nitrogens with zero attached hydrogens (tertiary/aromatic N) is 2. The third-order valence-corrected chi connectivity index (χ3v) is 6.45. The number of pyridine rings is 1. The van der Waals surface area contributed by atoms with Crippen LogP contribution in [0.25, 0.3) is 0 Å². The lowest BCUT2D eigenvalue weighted by Gasteiger charge is -2.39. The van der Waals surface area contributed by atoms with E-state index in [2.05, 4.69) is 4.98 Å². The second-order valence-electron chi connectivity index (χ2n) is 5.69. The molecule has 118 valence electrons. The molecule has 1 saturated carbocycles. The van der Waals surface area contributed by atoms with Crippen molar-refractivity contribution in [1.82, 2.24) is 9.29 Å². The molecule has 0 aliphatic heterocycles. The Bertz CT molecular complexity index is 539. The van der Waals surface area contributed by atoms with Crippen LogP contribution in [0.2, 0.25) is 0 Å². The first kappa shape index (κ1) is 16.4. The number of likely N-dealkylation sites (N-methyl/N-ethyl adjacent to an activating group) is 1. The van der Waals surface area contributed by atoms with E-state index in [0.29, 0.717) is 19.5 Å². The minimum atomic E-state index is -3.31. The predicted octanol–water partition coefficient (Wildman–Crippen LogP) is 1.55. The Balaban J connectivity index is 2.12. The van der Waals surface area contributed by atoms with Crippen molar-refractivity contribution in [3.8, 4) is 0 Å². The topological polar surface area (TPSA) is 76.3 Å². The maximum absolute atomic E-state index is 12.7. The Morgan fingerprint density at radius 3 is 2.57 bits per heavy atom. The fraction of sp³-hybridized carbons (Fsp3) is 0.667. The van der Waals surface area contributed by atoms with Crippen LogP contribution in [0, 0.1) is 0 Å². The maximum atomic E-state index is 12.7. The van der Waals surface area contributed by atoms with Gasteiger partial charge in [0, 0.05) is 36.9 Å². The molecule has 0 amide bonds. The monoisotopic (exact) mass is 311 g/mol. The molecule has 1 aromatic heterocycles. The Labute approximate surface area is 127 Å². The smallest absolute Gasteiger partial charge is 0.215 e. The summed E-state index contributed by atoms with van der Waals surface area (Å²) in [6, 6.07) is 5.57. The summed E-state index contributed by atoms with van der Waals surface area (Å²) in [6.07, 6.45) is 6.01. The van der Waals surface area contributed by atoms with Crippen LogP contribution in [-0.4, -0.2) is 42.1 Å². The second kappa shape index (κ2) is 6.85. The maximum Gasteiger partial charge on any atom is 0.215 e. The number of aromatic nitrogens is 1. The van der Waals surface area contributed by atoms with Gasteiger partial charge < -0.3 is 5.73 Å². The molecular weight excluding hydrogens is 286 g/mol. The molecule has 0 bridgehead atoms. The highest BCUT2D eigenvalue weighted by atomic mass is 32.2. The van der Waals surface area contributed by atoms with E-state index >= 15 is 0 Å². The Morgan fingerprint density at radius 2 is 2.05 bits per heavy atom. The van der Waals surface area contributed by atoms with Crippen LogP contribution in [0.3, 0.4) is 0 Å². The van der Waals surface area contributed by atoms with Gasteiger partial charge in [-0.05, 0) is 25.0 Å². The molecule has 0 spiro atoms. The largest absolute Gasteiger partial charge is 0.329 e. The zero-order chi connectivity index (χ0) is 15.3. The molecule has 1 heterocycles. The van der Waals surface area contributed by atoms with Crippen LogP contribution >= 0.6 is 0 Å². The van der Waals surface area contributed by atoms with E-state index in [1.54, 1.807) is 10.5 Å². The van der Waals surface area contributed by atoms with E-state index in [-0.39, 0.29) is 11.3 Å². The van der Waals surface area contributed by atoms with Crippen LogP contribution in [-0.2, 0) is 16.4 Å². The van der Waals surface area contributed by atoms with Gasteiger partial charge in [0.15, 0.2) is 0 Å².